The summed E-state index contributed by atoms with van der Waals surface area (Å²) in [4.78, 5) is 14.8. The second-order valence-electron chi connectivity index (χ2n) is 7.02. The van der Waals surface area contributed by atoms with Gasteiger partial charge >= 0.3 is 5.97 Å². The average Bonchev–Trinajstić information content (AvgIpc) is 2.87. The van der Waals surface area contributed by atoms with Crippen LogP contribution < -0.4 is 0 Å². The van der Waals surface area contributed by atoms with Crippen LogP contribution in [0, 0.1) is 0 Å². The molecule has 1 N–H and O–H groups in total. The van der Waals surface area contributed by atoms with Crippen molar-refractivity contribution >= 4 is 27.5 Å². The lowest BCUT2D eigenvalue weighted by Crippen LogP contribution is -2.51. The van der Waals surface area contributed by atoms with Gasteiger partial charge in [-0.3, -0.25) is 4.90 Å². The molecule has 3 rings (SSSR count). The average molecular weight is 408 g/mol. The summed E-state index contributed by atoms with van der Waals surface area (Å²) in [6, 6.07) is 8.19. The molecule has 1 heterocycles. The fraction of sp³-hybridized carbons (Fsp3) is 0.550. The third-order valence-corrected chi connectivity index (χ3v) is 5.82. The van der Waals surface area contributed by atoms with E-state index in [0.29, 0.717) is 24.8 Å². The summed E-state index contributed by atoms with van der Waals surface area (Å²) in [6.07, 6.45) is 5.75. The first-order chi connectivity index (χ1) is 11.9. The number of ether oxygens (including phenoxy) is 1. The molecule has 1 aromatic carbocycles. The standard InChI is InChI=1S/C20H26BrNO3/c1-3-25-19(23)18-17(14-8-7-9-15(21)12-14)13-22(20(18,2)24)16-10-5-4-6-11-16/h7-9,12,16,24H,3-6,10-11,13H2,1-2H3. The molecule has 25 heavy (non-hydrogen) atoms. The van der Waals surface area contributed by atoms with Crippen molar-refractivity contribution in [2.24, 2.45) is 0 Å². The van der Waals surface area contributed by atoms with Crippen molar-refractivity contribution in [2.75, 3.05) is 13.2 Å². The van der Waals surface area contributed by atoms with Gasteiger partial charge < -0.3 is 9.84 Å². The third-order valence-electron chi connectivity index (χ3n) is 5.33. The van der Waals surface area contributed by atoms with E-state index in [0.717, 1.165) is 28.5 Å². The second-order valence-corrected chi connectivity index (χ2v) is 7.94. The van der Waals surface area contributed by atoms with Gasteiger partial charge in [0.1, 0.15) is 5.72 Å². The Kier molecular flexibility index (Phi) is 5.66. The fourth-order valence-corrected chi connectivity index (χ4v) is 4.54. The number of esters is 1. The van der Waals surface area contributed by atoms with E-state index >= 15 is 0 Å². The van der Waals surface area contributed by atoms with Crippen molar-refractivity contribution in [1.29, 1.82) is 0 Å². The van der Waals surface area contributed by atoms with Crippen LogP contribution in [0.3, 0.4) is 0 Å². The minimum Gasteiger partial charge on any atom is -0.463 e. The number of hydrogen-bond donors (Lipinski definition) is 1. The Morgan fingerprint density at radius 2 is 2.08 bits per heavy atom. The minimum absolute atomic E-state index is 0.299. The van der Waals surface area contributed by atoms with Crippen LogP contribution in [0.25, 0.3) is 5.57 Å². The highest BCUT2D eigenvalue weighted by molar-refractivity contribution is 9.10. The molecule has 0 radical (unpaired) electrons. The summed E-state index contributed by atoms with van der Waals surface area (Å²) in [7, 11) is 0. The zero-order valence-corrected chi connectivity index (χ0v) is 16.5. The lowest BCUT2D eigenvalue weighted by atomic mass is 9.92. The highest BCUT2D eigenvalue weighted by Gasteiger charge is 2.48. The zero-order chi connectivity index (χ0) is 18.0. The van der Waals surface area contributed by atoms with Crippen LogP contribution in [0.5, 0.6) is 0 Å². The number of benzene rings is 1. The smallest absolute Gasteiger partial charge is 0.338 e. The van der Waals surface area contributed by atoms with E-state index in [1.54, 1.807) is 13.8 Å². The van der Waals surface area contributed by atoms with Crippen LogP contribution in [0.1, 0.15) is 51.5 Å². The van der Waals surface area contributed by atoms with E-state index in [2.05, 4.69) is 20.8 Å². The van der Waals surface area contributed by atoms with E-state index in [-0.39, 0.29) is 0 Å². The topological polar surface area (TPSA) is 49.8 Å². The Hall–Kier alpha value is -1.17. The molecule has 5 heteroatoms. The minimum atomic E-state index is -1.30. The Labute approximate surface area is 158 Å². The molecular formula is C20H26BrNO3. The Bertz CT molecular complexity index is 677. The van der Waals surface area contributed by atoms with E-state index < -0.39 is 11.7 Å². The monoisotopic (exact) mass is 407 g/mol. The summed E-state index contributed by atoms with van der Waals surface area (Å²) in [5.74, 6) is -0.416. The molecule has 1 saturated carbocycles. The van der Waals surface area contributed by atoms with Crippen LogP contribution in [0.4, 0.5) is 0 Å². The number of hydrogen-bond acceptors (Lipinski definition) is 4. The van der Waals surface area contributed by atoms with Crippen molar-refractivity contribution in [2.45, 2.75) is 57.7 Å². The van der Waals surface area contributed by atoms with Gasteiger partial charge in [-0.15, -0.1) is 0 Å². The highest BCUT2D eigenvalue weighted by Crippen LogP contribution is 2.42. The van der Waals surface area contributed by atoms with E-state index in [4.69, 9.17) is 4.74 Å². The maximum absolute atomic E-state index is 12.7. The van der Waals surface area contributed by atoms with Crippen LogP contribution in [0.15, 0.2) is 34.3 Å². The summed E-state index contributed by atoms with van der Waals surface area (Å²) >= 11 is 3.50. The quantitative estimate of drug-likeness (QED) is 0.762. The molecule has 0 bridgehead atoms. The molecule has 1 aliphatic carbocycles. The largest absolute Gasteiger partial charge is 0.463 e. The second kappa shape index (κ2) is 7.60. The normalized spacial score (nSPS) is 25.4. The van der Waals surface area contributed by atoms with E-state index in [9.17, 15) is 9.90 Å². The molecule has 136 valence electrons. The lowest BCUT2D eigenvalue weighted by Gasteiger charge is -2.40. The number of carbonyl (C=O) groups excluding carboxylic acids is 1. The van der Waals surface area contributed by atoms with Gasteiger partial charge in [0.15, 0.2) is 0 Å². The molecule has 1 aromatic rings. The number of aliphatic hydroxyl groups is 1. The zero-order valence-electron chi connectivity index (χ0n) is 14.9. The van der Waals surface area contributed by atoms with Crippen LogP contribution in [-0.2, 0) is 9.53 Å². The highest BCUT2D eigenvalue weighted by atomic mass is 79.9. The van der Waals surface area contributed by atoms with Gasteiger partial charge in [0.2, 0.25) is 0 Å². The first kappa shape index (κ1) is 18.6. The van der Waals surface area contributed by atoms with Gasteiger partial charge in [-0.05, 0) is 50.0 Å². The van der Waals surface area contributed by atoms with Crippen LogP contribution >= 0.6 is 15.9 Å². The third kappa shape index (κ3) is 3.69. The number of halogens is 1. The first-order valence-corrected chi connectivity index (χ1v) is 9.90. The summed E-state index contributed by atoms with van der Waals surface area (Å²) in [5, 5.41) is 11.3. The van der Waals surface area contributed by atoms with Crippen molar-refractivity contribution in [3.8, 4) is 0 Å². The van der Waals surface area contributed by atoms with Gasteiger partial charge in [-0.25, -0.2) is 4.79 Å². The predicted molar refractivity (Wildman–Crippen MR) is 102 cm³/mol. The molecule has 0 spiro atoms. The predicted octanol–water partition coefficient (Wildman–Crippen LogP) is 4.12. The van der Waals surface area contributed by atoms with Gasteiger partial charge in [-0.1, -0.05) is 47.3 Å². The maximum atomic E-state index is 12.7. The Morgan fingerprint density at radius 3 is 2.72 bits per heavy atom. The number of nitrogens with zero attached hydrogens (tertiary/aromatic N) is 1. The van der Waals surface area contributed by atoms with E-state index in [1.165, 1.54) is 19.3 Å². The SMILES string of the molecule is CCOC(=O)C1=C(c2cccc(Br)c2)CN(C2CCCCC2)C1(C)O. The molecule has 0 amide bonds. The molecule has 0 aromatic heterocycles. The van der Waals surface area contributed by atoms with Gasteiger partial charge in [0, 0.05) is 17.1 Å². The molecule has 4 nitrogen and oxygen atoms in total. The Balaban J connectivity index is 2.02. The molecule has 1 atom stereocenters. The van der Waals surface area contributed by atoms with Crippen molar-refractivity contribution in [3.63, 3.8) is 0 Å². The summed E-state index contributed by atoms with van der Waals surface area (Å²) in [5.41, 5.74) is 0.913. The number of rotatable bonds is 4. The molecule has 1 unspecified atom stereocenters. The van der Waals surface area contributed by atoms with Gasteiger partial charge in [-0.2, -0.15) is 0 Å². The molecular weight excluding hydrogens is 382 g/mol. The first-order valence-electron chi connectivity index (χ1n) is 9.11. The van der Waals surface area contributed by atoms with Gasteiger partial charge in [0.25, 0.3) is 0 Å². The van der Waals surface area contributed by atoms with Crippen LogP contribution in [-0.4, -0.2) is 40.9 Å². The number of carbonyl (C=O) groups is 1. The molecule has 1 aliphatic heterocycles. The lowest BCUT2D eigenvalue weighted by molar-refractivity contribution is -0.145. The van der Waals surface area contributed by atoms with Crippen molar-refractivity contribution < 1.29 is 14.6 Å². The maximum Gasteiger partial charge on any atom is 0.338 e. The Morgan fingerprint density at radius 1 is 1.36 bits per heavy atom. The molecule has 1 fully saturated rings. The van der Waals surface area contributed by atoms with Crippen LogP contribution in [0.2, 0.25) is 0 Å². The van der Waals surface area contributed by atoms with Gasteiger partial charge in [0.05, 0.1) is 12.2 Å². The molecule has 2 aliphatic rings. The summed E-state index contributed by atoms with van der Waals surface area (Å²) < 4.78 is 6.24. The van der Waals surface area contributed by atoms with Crippen molar-refractivity contribution in [3.05, 3.63) is 39.9 Å². The summed E-state index contributed by atoms with van der Waals surface area (Å²) in [6.45, 7) is 4.40. The fourth-order valence-electron chi connectivity index (χ4n) is 4.14. The van der Waals surface area contributed by atoms with Crippen molar-refractivity contribution in [1.82, 2.24) is 4.90 Å². The van der Waals surface area contributed by atoms with E-state index in [1.807, 2.05) is 24.3 Å². The molecule has 0 saturated heterocycles.